The van der Waals surface area contributed by atoms with Gasteiger partial charge >= 0.3 is 0 Å². The van der Waals surface area contributed by atoms with E-state index < -0.39 is 0 Å². The molecule has 2 aromatic heterocycles. The summed E-state index contributed by atoms with van der Waals surface area (Å²) in [6, 6.07) is 5.49. The lowest BCUT2D eigenvalue weighted by molar-refractivity contribution is 0.460. The number of hydrogen-bond acceptors (Lipinski definition) is 4. The molecular weight excluding hydrogens is 270 g/mol. The van der Waals surface area contributed by atoms with Gasteiger partial charge in [-0.05, 0) is 27.6 Å². The van der Waals surface area contributed by atoms with Gasteiger partial charge in [0.05, 0.1) is 6.20 Å². The zero-order chi connectivity index (χ0) is 11.4. The van der Waals surface area contributed by atoms with Crippen LogP contribution in [0.2, 0.25) is 0 Å². The number of hydrogen-bond donors (Lipinski definition) is 1. The standard InChI is InChI=1S/C11H10BrN3O/c12-9-3-10(7-14-6-9)16-11-2-1-8(4-13)5-15-11/h1-3,5-7H,4,13H2. The van der Waals surface area contributed by atoms with Crippen LogP contribution in [0.5, 0.6) is 11.6 Å². The van der Waals surface area contributed by atoms with Crippen LogP contribution in [0.25, 0.3) is 0 Å². The minimum Gasteiger partial charge on any atom is -0.437 e. The van der Waals surface area contributed by atoms with E-state index in [1.807, 2.05) is 12.1 Å². The number of rotatable bonds is 3. The average molecular weight is 280 g/mol. The Balaban J connectivity index is 2.14. The Morgan fingerprint density at radius 1 is 1.25 bits per heavy atom. The molecule has 0 atom stereocenters. The van der Waals surface area contributed by atoms with Gasteiger partial charge < -0.3 is 10.5 Å². The first-order valence-corrected chi connectivity index (χ1v) is 5.50. The third-order valence-corrected chi connectivity index (χ3v) is 2.37. The highest BCUT2D eigenvalue weighted by molar-refractivity contribution is 9.10. The summed E-state index contributed by atoms with van der Waals surface area (Å²) in [5, 5.41) is 0. The van der Waals surface area contributed by atoms with Crippen molar-refractivity contribution >= 4 is 15.9 Å². The highest BCUT2D eigenvalue weighted by Crippen LogP contribution is 2.21. The molecule has 16 heavy (non-hydrogen) atoms. The number of ether oxygens (including phenoxy) is 1. The SMILES string of the molecule is NCc1ccc(Oc2cncc(Br)c2)nc1. The Morgan fingerprint density at radius 3 is 2.75 bits per heavy atom. The van der Waals surface area contributed by atoms with Crippen LogP contribution in [0.15, 0.2) is 41.3 Å². The number of nitrogens with zero attached hydrogens (tertiary/aromatic N) is 2. The minimum absolute atomic E-state index is 0.478. The summed E-state index contributed by atoms with van der Waals surface area (Å²) in [4.78, 5) is 8.12. The molecule has 0 aliphatic heterocycles. The molecule has 0 saturated heterocycles. The van der Waals surface area contributed by atoms with Crippen LogP contribution >= 0.6 is 15.9 Å². The van der Waals surface area contributed by atoms with E-state index in [2.05, 4.69) is 25.9 Å². The van der Waals surface area contributed by atoms with E-state index in [0.29, 0.717) is 18.2 Å². The molecule has 2 aromatic rings. The molecule has 0 bridgehead atoms. The molecular formula is C11H10BrN3O. The van der Waals surface area contributed by atoms with E-state index in [-0.39, 0.29) is 0 Å². The first kappa shape index (κ1) is 11.0. The number of aromatic nitrogens is 2. The van der Waals surface area contributed by atoms with Gasteiger partial charge in [-0.3, -0.25) is 4.98 Å². The summed E-state index contributed by atoms with van der Waals surface area (Å²) in [7, 11) is 0. The average Bonchev–Trinajstić information content (AvgIpc) is 2.30. The zero-order valence-electron chi connectivity index (χ0n) is 8.43. The molecule has 2 heterocycles. The molecule has 4 nitrogen and oxygen atoms in total. The summed E-state index contributed by atoms with van der Waals surface area (Å²) in [6.07, 6.45) is 5.02. The van der Waals surface area contributed by atoms with Gasteiger partial charge in [-0.2, -0.15) is 0 Å². The number of pyridine rings is 2. The molecule has 0 amide bonds. The number of nitrogens with two attached hydrogens (primary N) is 1. The maximum atomic E-state index is 5.51. The maximum Gasteiger partial charge on any atom is 0.219 e. The molecule has 0 radical (unpaired) electrons. The Labute approximate surface area is 102 Å². The fourth-order valence-electron chi connectivity index (χ4n) is 1.16. The van der Waals surface area contributed by atoms with Crippen LogP contribution in [-0.4, -0.2) is 9.97 Å². The Bertz CT molecular complexity index is 473. The predicted molar refractivity (Wildman–Crippen MR) is 64.1 cm³/mol. The Kier molecular flexibility index (Phi) is 3.48. The van der Waals surface area contributed by atoms with Crippen molar-refractivity contribution in [3.05, 3.63) is 46.8 Å². The molecule has 0 fully saturated rings. The molecule has 0 saturated carbocycles. The van der Waals surface area contributed by atoms with Gasteiger partial charge in [-0.25, -0.2) is 4.98 Å². The topological polar surface area (TPSA) is 61.0 Å². The quantitative estimate of drug-likeness (QED) is 0.938. The molecule has 0 aliphatic rings. The highest BCUT2D eigenvalue weighted by Gasteiger charge is 1.99. The van der Waals surface area contributed by atoms with Crippen LogP contribution in [-0.2, 0) is 6.54 Å². The molecule has 2 rings (SSSR count). The smallest absolute Gasteiger partial charge is 0.219 e. The first-order valence-electron chi connectivity index (χ1n) is 4.71. The summed E-state index contributed by atoms with van der Waals surface area (Å²) in [5.74, 6) is 1.17. The lowest BCUT2D eigenvalue weighted by atomic mass is 10.3. The van der Waals surface area contributed by atoms with Crippen LogP contribution in [0.4, 0.5) is 0 Å². The molecule has 82 valence electrons. The van der Waals surface area contributed by atoms with Gasteiger partial charge in [0.15, 0.2) is 0 Å². The van der Waals surface area contributed by atoms with Crippen LogP contribution in [0, 0.1) is 0 Å². The Hall–Kier alpha value is -1.46. The lowest BCUT2D eigenvalue weighted by Crippen LogP contribution is -1.97. The minimum atomic E-state index is 0.478. The molecule has 5 heteroatoms. The third-order valence-electron chi connectivity index (χ3n) is 1.94. The second-order valence-corrected chi connectivity index (χ2v) is 4.07. The largest absolute Gasteiger partial charge is 0.437 e. The van der Waals surface area contributed by atoms with Crippen molar-refractivity contribution in [2.45, 2.75) is 6.54 Å². The second kappa shape index (κ2) is 5.05. The normalized spacial score (nSPS) is 10.1. The summed E-state index contributed by atoms with van der Waals surface area (Å²) >= 11 is 3.32. The van der Waals surface area contributed by atoms with Gasteiger partial charge in [-0.1, -0.05) is 6.07 Å². The van der Waals surface area contributed by atoms with E-state index >= 15 is 0 Å². The van der Waals surface area contributed by atoms with Crippen molar-refractivity contribution < 1.29 is 4.74 Å². The van der Waals surface area contributed by atoms with Crippen molar-refractivity contribution in [3.8, 4) is 11.6 Å². The monoisotopic (exact) mass is 279 g/mol. The molecule has 0 aliphatic carbocycles. The Morgan fingerprint density at radius 2 is 2.12 bits per heavy atom. The first-order chi connectivity index (χ1) is 7.78. The van der Waals surface area contributed by atoms with Crippen molar-refractivity contribution in [1.29, 1.82) is 0 Å². The van der Waals surface area contributed by atoms with Gasteiger partial charge in [0.1, 0.15) is 5.75 Å². The van der Waals surface area contributed by atoms with E-state index in [1.54, 1.807) is 24.7 Å². The molecule has 0 spiro atoms. The zero-order valence-corrected chi connectivity index (χ0v) is 10.0. The summed E-state index contributed by atoms with van der Waals surface area (Å²) in [5.41, 5.74) is 6.45. The maximum absolute atomic E-state index is 5.51. The van der Waals surface area contributed by atoms with E-state index in [4.69, 9.17) is 10.5 Å². The predicted octanol–water partition coefficient (Wildman–Crippen LogP) is 2.49. The molecule has 2 N–H and O–H groups in total. The van der Waals surface area contributed by atoms with Crippen molar-refractivity contribution in [1.82, 2.24) is 9.97 Å². The summed E-state index contributed by atoms with van der Waals surface area (Å²) < 4.78 is 6.38. The van der Waals surface area contributed by atoms with Crippen LogP contribution in [0.1, 0.15) is 5.56 Å². The fraction of sp³-hybridized carbons (Fsp3) is 0.0909. The van der Waals surface area contributed by atoms with Gasteiger partial charge in [0, 0.05) is 29.5 Å². The van der Waals surface area contributed by atoms with Gasteiger partial charge in [0.25, 0.3) is 0 Å². The fourth-order valence-corrected chi connectivity index (χ4v) is 1.50. The van der Waals surface area contributed by atoms with E-state index in [1.165, 1.54) is 0 Å². The summed E-state index contributed by atoms with van der Waals surface area (Å²) in [6.45, 7) is 0.478. The van der Waals surface area contributed by atoms with E-state index in [0.717, 1.165) is 10.0 Å². The van der Waals surface area contributed by atoms with Crippen LogP contribution < -0.4 is 10.5 Å². The molecule has 0 unspecified atom stereocenters. The van der Waals surface area contributed by atoms with Crippen LogP contribution in [0.3, 0.4) is 0 Å². The van der Waals surface area contributed by atoms with Crippen molar-refractivity contribution in [3.63, 3.8) is 0 Å². The van der Waals surface area contributed by atoms with Crippen molar-refractivity contribution in [2.75, 3.05) is 0 Å². The highest BCUT2D eigenvalue weighted by atomic mass is 79.9. The molecule has 0 aromatic carbocycles. The van der Waals surface area contributed by atoms with Crippen molar-refractivity contribution in [2.24, 2.45) is 5.73 Å². The van der Waals surface area contributed by atoms with Gasteiger partial charge in [0.2, 0.25) is 5.88 Å². The lowest BCUT2D eigenvalue weighted by Gasteiger charge is -2.04. The number of halogens is 1. The second-order valence-electron chi connectivity index (χ2n) is 3.15. The van der Waals surface area contributed by atoms with Gasteiger partial charge in [-0.15, -0.1) is 0 Å². The third kappa shape index (κ3) is 2.77. The van der Waals surface area contributed by atoms with E-state index in [9.17, 15) is 0 Å².